The van der Waals surface area contributed by atoms with Gasteiger partial charge in [0.15, 0.2) is 0 Å². The van der Waals surface area contributed by atoms with E-state index in [4.69, 9.17) is 19.9 Å². The number of guanidine groups is 1. The number of carbonyl (C=O) groups is 7. The molecule has 1 aromatic rings. The van der Waals surface area contributed by atoms with Crippen LogP contribution in [0.25, 0.3) is 0 Å². The Morgan fingerprint density at radius 1 is 0.767 bits per heavy atom. The number of benzene rings is 1. The van der Waals surface area contributed by atoms with Crippen LogP contribution in [-0.2, 0) is 49.9 Å². The topological polar surface area (TPSA) is 336 Å². The third-order valence-electron chi connectivity index (χ3n) is 11.9. The highest BCUT2D eigenvalue weighted by atomic mass is 32.2. The summed E-state index contributed by atoms with van der Waals surface area (Å²) < 4.78 is 46.3. The number of nitrogens with two attached hydrogens (primary N) is 1. The van der Waals surface area contributed by atoms with E-state index in [1.165, 1.54) is 6.92 Å². The highest BCUT2D eigenvalue weighted by Gasteiger charge is 2.37. The average Bonchev–Trinajstić information content (AvgIpc) is 3.92. The Balaban J connectivity index is 1.76. The SMILES string of the molecule is Cc1c(C)c(S(=O)(=O)NC(N)=NCCC[C@H](NC(=O)[C@H](CCCCNC(=O)OC(C)(C)C)NC(=O)[C@H](CCCCNC(=O)OC(C)(C)C)NC(=O)[C@H](C)NC(=O)[C@H]2CCCN2)C(=O)O)c(C)c2c1CC(C)(C)O2. The van der Waals surface area contributed by atoms with E-state index in [9.17, 15) is 47.1 Å². The van der Waals surface area contributed by atoms with Crippen molar-refractivity contribution in [2.24, 2.45) is 10.7 Å². The number of aliphatic carboxylic acids is 1. The van der Waals surface area contributed by atoms with Gasteiger partial charge in [-0.1, -0.05) is 0 Å². The molecule has 73 heavy (non-hydrogen) atoms. The molecule has 1 aromatic carbocycles. The zero-order chi connectivity index (χ0) is 55.1. The largest absolute Gasteiger partial charge is 0.487 e. The molecule has 5 atom stereocenters. The fourth-order valence-electron chi connectivity index (χ4n) is 8.27. The summed E-state index contributed by atoms with van der Waals surface area (Å²) in [6, 6.07) is -5.56. The predicted octanol–water partition coefficient (Wildman–Crippen LogP) is 2.88. The summed E-state index contributed by atoms with van der Waals surface area (Å²) in [7, 11) is -4.23. The molecule has 0 aliphatic carbocycles. The Morgan fingerprint density at radius 3 is 1.77 bits per heavy atom. The van der Waals surface area contributed by atoms with E-state index in [2.05, 4.69) is 46.9 Å². The number of aliphatic imine (C=N–C) groups is 1. The monoisotopic (exact) mass is 1050 g/mol. The lowest BCUT2D eigenvalue weighted by Gasteiger charge is -2.26. The lowest BCUT2D eigenvalue weighted by Crippen LogP contribution is -2.58. The van der Waals surface area contributed by atoms with E-state index in [1.54, 1.807) is 55.4 Å². The molecule has 0 unspecified atom stereocenters. The van der Waals surface area contributed by atoms with Gasteiger partial charge in [-0.2, -0.15) is 0 Å². The number of rotatable bonds is 25. The van der Waals surface area contributed by atoms with Crippen LogP contribution in [0.2, 0.25) is 0 Å². The molecule has 412 valence electrons. The summed E-state index contributed by atoms with van der Waals surface area (Å²) in [5.41, 5.74) is 6.80. The van der Waals surface area contributed by atoms with Crippen molar-refractivity contribution in [1.29, 1.82) is 0 Å². The van der Waals surface area contributed by atoms with Crippen LogP contribution >= 0.6 is 0 Å². The Hall–Kier alpha value is -5.91. The van der Waals surface area contributed by atoms with Crippen molar-refractivity contribution in [2.45, 2.75) is 206 Å². The van der Waals surface area contributed by atoms with Crippen molar-refractivity contribution < 1.29 is 61.3 Å². The molecule has 3 rings (SSSR count). The Kier molecular flexibility index (Phi) is 22.6. The second-order valence-electron chi connectivity index (χ2n) is 21.3. The van der Waals surface area contributed by atoms with Crippen molar-refractivity contribution in [3.05, 3.63) is 22.3 Å². The van der Waals surface area contributed by atoms with Gasteiger partial charge >= 0.3 is 18.2 Å². The van der Waals surface area contributed by atoms with Crippen LogP contribution in [0.15, 0.2) is 9.89 Å². The lowest BCUT2D eigenvalue weighted by atomic mass is 9.93. The molecule has 23 nitrogen and oxygen atoms in total. The molecule has 0 bridgehead atoms. The number of fused-ring (bicyclic) bond motifs is 1. The van der Waals surface area contributed by atoms with E-state index in [0.717, 1.165) is 17.5 Å². The highest BCUT2D eigenvalue weighted by molar-refractivity contribution is 7.90. The van der Waals surface area contributed by atoms with Gasteiger partial charge in [0.2, 0.25) is 29.6 Å². The standard InChI is InChI=1S/C49H82N10O13S/c1-28-29(2)38(30(3)37-32(28)27-49(11,12)70-37)73(68,69)59-44(50)52-26-18-22-36(43(64)65)58-42(63)35(20-14-16-24-54-46(67)72-48(8,9)10)57-41(62)34(19-13-15-23-53-45(66)71-47(5,6)7)56-39(60)31(4)55-40(61)33-21-17-25-51-33/h31,33-36,51H,13-27H2,1-12H3,(H,53,66)(H,54,67)(H,55,61)(H,56,60)(H,57,62)(H,58,63)(H,64,65)(H3,50,52,59)/t31-,33+,34-,35-,36-/m0/s1. The van der Waals surface area contributed by atoms with Crippen LogP contribution in [0.4, 0.5) is 9.59 Å². The Bertz CT molecular complexity index is 2290. The van der Waals surface area contributed by atoms with Crippen LogP contribution in [-0.4, -0.2) is 134 Å². The van der Waals surface area contributed by atoms with Gasteiger partial charge in [-0.25, -0.2) is 27.5 Å². The quantitative estimate of drug-likeness (QED) is 0.0382. The molecule has 2 heterocycles. The second kappa shape index (κ2) is 26.9. The summed E-state index contributed by atoms with van der Waals surface area (Å²) in [5.74, 6) is -3.97. The first-order valence-corrected chi connectivity index (χ1v) is 26.5. The number of nitrogens with one attached hydrogen (secondary N) is 8. The van der Waals surface area contributed by atoms with E-state index in [0.29, 0.717) is 55.5 Å². The van der Waals surface area contributed by atoms with Gasteiger partial charge in [-0.15, -0.1) is 0 Å². The fraction of sp³-hybridized carbons (Fsp3) is 0.714. The minimum atomic E-state index is -4.23. The van der Waals surface area contributed by atoms with Crippen LogP contribution in [0.1, 0.15) is 149 Å². The van der Waals surface area contributed by atoms with Crippen LogP contribution in [0, 0.1) is 20.8 Å². The summed E-state index contributed by atoms with van der Waals surface area (Å²) in [4.78, 5) is 95.6. The second-order valence-corrected chi connectivity index (χ2v) is 22.9. The number of carboxylic acids is 1. The van der Waals surface area contributed by atoms with Gasteiger partial charge in [0, 0.05) is 37.2 Å². The van der Waals surface area contributed by atoms with Crippen LogP contribution < -0.4 is 52.4 Å². The predicted molar refractivity (Wildman–Crippen MR) is 273 cm³/mol. The maximum atomic E-state index is 14.1. The molecule has 0 saturated carbocycles. The molecule has 1 fully saturated rings. The number of sulfonamides is 1. The molecule has 6 amide bonds. The van der Waals surface area contributed by atoms with Gasteiger partial charge in [-0.3, -0.25) is 24.2 Å². The zero-order valence-corrected chi connectivity index (χ0v) is 45.6. The van der Waals surface area contributed by atoms with Crippen molar-refractivity contribution in [3.63, 3.8) is 0 Å². The van der Waals surface area contributed by atoms with Gasteiger partial charge in [0.1, 0.15) is 46.7 Å². The summed E-state index contributed by atoms with van der Waals surface area (Å²) >= 11 is 0. The first kappa shape index (κ1) is 61.4. The number of carboxylic acid groups (broad SMARTS) is 1. The van der Waals surface area contributed by atoms with E-state index >= 15 is 0 Å². The Labute approximate surface area is 430 Å². The number of nitrogens with zero attached hydrogens (tertiary/aromatic N) is 1. The van der Waals surface area contributed by atoms with E-state index in [1.807, 2.05) is 20.8 Å². The maximum absolute atomic E-state index is 14.1. The Morgan fingerprint density at radius 2 is 1.27 bits per heavy atom. The number of hydrogen-bond donors (Lipinski definition) is 10. The average molecular weight is 1050 g/mol. The summed E-state index contributed by atoms with van der Waals surface area (Å²) in [6.07, 6.45) is 1.91. The zero-order valence-electron chi connectivity index (χ0n) is 44.8. The summed E-state index contributed by atoms with van der Waals surface area (Å²) in [5, 5.41) is 29.1. The fourth-order valence-corrected chi connectivity index (χ4v) is 9.76. The highest BCUT2D eigenvalue weighted by Crippen LogP contribution is 2.43. The molecule has 0 spiro atoms. The minimum absolute atomic E-state index is 0.0191. The molecule has 0 radical (unpaired) electrons. The van der Waals surface area contributed by atoms with Crippen LogP contribution in [0.3, 0.4) is 0 Å². The molecule has 0 aromatic heterocycles. The molecule has 1 saturated heterocycles. The van der Waals surface area contributed by atoms with Crippen molar-refractivity contribution >= 4 is 57.8 Å². The van der Waals surface area contributed by atoms with E-state index in [-0.39, 0.29) is 62.5 Å². The van der Waals surface area contributed by atoms with E-state index < -0.39 is 98.9 Å². The number of ether oxygens (including phenoxy) is 3. The van der Waals surface area contributed by atoms with Crippen molar-refractivity contribution in [3.8, 4) is 5.75 Å². The molecule has 11 N–H and O–H groups in total. The van der Waals surface area contributed by atoms with Gasteiger partial charge in [0.05, 0.1) is 10.9 Å². The van der Waals surface area contributed by atoms with Gasteiger partial charge in [0.25, 0.3) is 10.0 Å². The van der Waals surface area contributed by atoms with Crippen LogP contribution in [0.5, 0.6) is 5.75 Å². The first-order valence-electron chi connectivity index (χ1n) is 25.1. The maximum Gasteiger partial charge on any atom is 0.407 e. The normalized spacial score (nSPS) is 17.1. The third-order valence-corrected chi connectivity index (χ3v) is 13.5. The lowest BCUT2D eigenvalue weighted by molar-refractivity contribution is -0.142. The molecular weight excluding hydrogens is 969 g/mol. The number of amides is 6. The number of carbonyl (C=O) groups excluding carboxylic acids is 6. The molecule has 24 heteroatoms. The number of unbranched alkanes of at least 4 members (excludes halogenated alkanes) is 2. The number of hydrogen-bond acceptors (Lipinski definition) is 14. The summed E-state index contributed by atoms with van der Waals surface area (Å²) in [6.45, 7) is 21.7. The number of alkyl carbamates (subject to hydrolysis) is 2. The third kappa shape index (κ3) is 20.5. The van der Waals surface area contributed by atoms with Crippen molar-refractivity contribution in [1.82, 2.24) is 41.9 Å². The molecular formula is C49H82N10O13S. The molecule has 2 aliphatic rings. The smallest absolute Gasteiger partial charge is 0.407 e. The minimum Gasteiger partial charge on any atom is -0.487 e. The van der Waals surface area contributed by atoms with Crippen molar-refractivity contribution in [2.75, 3.05) is 26.2 Å². The van der Waals surface area contributed by atoms with Gasteiger partial charge in [-0.05, 0) is 165 Å². The first-order chi connectivity index (χ1) is 33.8. The molecule has 2 aliphatic heterocycles. The van der Waals surface area contributed by atoms with Gasteiger partial charge < -0.3 is 62.3 Å².